The number of anilines is 1. The highest BCUT2D eigenvalue weighted by Gasteiger charge is 2.19. The van der Waals surface area contributed by atoms with Crippen LogP contribution in [0, 0.1) is 0 Å². The number of amides is 1. The first-order chi connectivity index (χ1) is 17.8. The molecule has 2 aromatic heterocycles. The number of hydrogen-bond donors (Lipinski definition) is 1. The number of pyridine rings is 1. The SMILES string of the molecule is CC(C)(C)c1ccc(-c2csc(NC(=O)c3cc(-c4ccc5c(c4)OCO5)nc4ccccc34)n2)cc1. The number of aromatic nitrogens is 2. The van der Waals surface area contributed by atoms with Gasteiger partial charge in [-0.1, -0.05) is 63.2 Å². The Hall–Kier alpha value is -4.23. The summed E-state index contributed by atoms with van der Waals surface area (Å²) < 4.78 is 11.0. The molecule has 184 valence electrons. The molecular weight excluding hydrogens is 482 g/mol. The number of carbonyl (C=O) groups is 1. The van der Waals surface area contributed by atoms with Gasteiger partial charge in [0, 0.05) is 21.9 Å². The Kier molecular flexibility index (Phi) is 5.65. The lowest BCUT2D eigenvalue weighted by molar-refractivity contribution is 0.102. The minimum absolute atomic E-state index is 0.0898. The molecule has 0 spiro atoms. The predicted molar refractivity (Wildman–Crippen MR) is 148 cm³/mol. The number of carbonyl (C=O) groups excluding carboxylic acids is 1. The van der Waals surface area contributed by atoms with Crippen molar-refractivity contribution in [2.45, 2.75) is 26.2 Å². The minimum atomic E-state index is -0.232. The van der Waals surface area contributed by atoms with E-state index in [0.29, 0.717) is 27.9 Å². The lowest BCUT2D eigenvalue weighted by Gasteiger charge is -2.18. The monoisotopic (exact) mass is 507 g/mol. The van der Waals surface area contributed by atoms with E-state index >= 15 is 0 Å². The van der Waals surface area contributed by atoms with Gasteiger partial charge in [0.05, 0.1) is 22.5 Å². The van der Waals surface area contributed by atoms with Crippen LogP contribution in [0.5, 0.6) is 11.5 Å². The zero-order valence-corrected chi connectivity index (χ0v) is 21.6. The molecule has 7 heteroatoms. The number of nitrogens with zero attached hydrogens (tertiary/aromatic N) is 2. The molecule has 1 aliphatic heterocycles. The first-order valence-corrected chi connectivity index (χ1v) is 12.9. The minimum Gasteiger partial charge on any atom is -0.454 e. The number of hydrogen-bond acceptors (Lipinski definition) is 6. The highest BCUT2D eigenvalue weighted by molar-refractivity contribution is 7.14. The normalized spacial score (nSPS) is 12.6. The third kappa shape index (κ3) is 4.54. The van der Waals surface area contributed by atoms with Gasteiger partial charge in [-0.05, 0) is 41.3 Å². The first kappa shape index (κ1) is 23.2. The summed E-state index contributed by atoms with van der Waals surface area (Å²) in [4.78, 5) is 23.0. The summed E-state index contributed by atoms with van der Waals surface area (Å²) >= 11 is 1.41. The Balaban J connectivity index is 1.30. The highest BCUT2D eigenvalue weighted by atomic mass is 32.1. The third-order valence-corrected chi connectivity index (χ3v) is 7.16. The summed E-state index contributed by atoms with van der Waals surface area (Å²) in [6.07, 6.45) is 0. The topological polar surface area (TPSA) is 73.3 Å². The van der Waals surface area contributed by atoms with Crippen molar-refractivity contribution in [2.75, 3.05) is 12.1 Å². The van der Waals surface area contributed by atoms with Gasteiger partial charge in [-0.3, -0.25) is 10.1 Å². The van der Waals surface area contributed by atoms with Crippen molar-refractivity contribution in [3.63, 3.8) is 0 Å². The summed E-state index contributed by atoms with van der Waals surface area (Å²) in [6, 6.07) is 23.5. The summed E-state index contributed by atoms with van der Waals surface area (Å²) in [7, 11) is 0. The second kappa shape index (κ2) is 9.01. The number of fused-ring (bicyclic) bond motifs is 2. The van der Waals surface area contributed by atoms with Gasteiger partial charge in [-0.25, -0.2) is 9.97 Å². The Morgan fingerprint density at radius 1 is 0.865 bits per heavy atom. The number of ether oxygens (including phenoxy) is 2. The largest absolute Gasteiger partial charge is 0.454 e. The lowest BCUT2D eigenvalue weighted by atomic mass is 9.86. The molecule has 5 aromatic rings. The summed E-state index contributed by atoms with van der Waals surface area (Å²) in [6.45, 7) is 6.78. The van der Waals surface area contributed by atoms with Gasteiger partial charge in [0.2, 0.25) is 6.79 Å². The average molecular weight is 508 g/mol. The van der Waals surface area contributed by atoms with Crippen LogP contribution in [0.25, 0.3) is 33.4 Å². The number of para-hydroxylation sites is 1. The van der Waals surface area contributed by atoms with Gasteiger partial charge in [0.25, 0.3) is 5.91 Å². The Bertz CT molecular complexity index is 1630. The fraction of sp³-hybridized carbons (Fsp3) is 0.167. The van der Waals surface area contributed by atoms with Crippen LogP contribution in [0.4, 0.5) is 5.13 Å². The van der Waals surface area contributed by atoms with Crippen molar-refractivity contribution in [3.05, 3.63) is 89.3 Å². The maximum atomic E-state index is 13.5. The van der Waals surface area contributed by atoms with E-state index < -0.39 is 0 Å². The molecule has 0 aliphatic carbocycles. The van der Waals surface area contributed by atoms with E-state index in [1.54, 1.807) is 0 Å². The Morgan fingerprint density at radius 3 is 2.43 bits per heavy atom. The molecule has 0 fully saturated rings. The first-order valence-electron chi connectivity index (χ1n) is 12.0. The van der Waals surface area contributed by atoms with Crippen LogP contribution in [0.1, 0.15) is 36.7 Å². The third-order valence-electron chi connectivity index (χ3n) is 6.40. The van der Waals surface area contributed by atoms with Crippen molar-refractivity contribution >= 4 is 33.3 Å². The Labute approximate surface area is 218 Å². The smallest absolute Gasteiger partial charge is 0.258 e. The molecule has 1 aliphatic rings. The lowest BCUT2D eigenvalue weighted by Crippen LogP contribution is -2.13. The maximum absolute atomic E-state index is 13.5. The average Bonchev–Trinajstić information content (AvgIpc) is 3.57. The molecule has 37 heavy (non-hydrogen) atoms. The van der Waals surface area contributed by atoms with E-state index in [-0.39, 0.29) is 18.1 Å². The van der Waals surface area contributed by atoms with Gasteiger partial charge in [0.1, 0.15) is 0 Å². The fourth-order valence-corrected chi connectivity index (χ4v) is 5.05. The zero-order valence-electron chi connectivity index (χ0n) is 20.7. The second-order valence-electron chi connectivity index (χ2n) is 9.96. The Morgan fingerprint density at radius 2 is 1.62 bits per heavy atom. The molecule has 3 aromatic carbocycles. The van der Waals surface area contributed by atoms with Crippen LogP contribution in [0.3, 0.4) is 0 Å². The molecular formula is C30H25N3O3S. The van der Waals surface area contributed by atoms with Crippen LogP contribution >= 0.6 is 11.3 Å². The highest BCUT2D eigenvalue weighted by Crippen LogP contribution is 2.36. The zero-order chi connectivity index (χ0) is 25.6. The van der Waals surface area contributed by atoms with E-state index in [9.17, 15) is 4.79 Å². The molecule has 6 nitrogen and oxygen atoms in total. The molecule has 1 N–H and O–H groups in total. The van der Waals surface area contributed by atoms with Gasteiger partial charge < -0.3 is 9.47 Å². The fourth-order valence-electron chi connectivity index (χ4n) is 4.34. The number of nitrogens with one attached hydrogen (secondary N) is 1. The van der Waals surface area contributed by atoms with E-state index in [0.717, 1.165) is 27.7 Å². The molecule has 0 saturated heterocycles. The van der Waals surface area contributed by atoms with Crippen LogP contribution in [-0.4, -0.2) is 22.7 Å². The van der Waals surface area contributed by atoms with Crippen LogP contribution in [0.15, 0.2) is 78.2 Å². The van der Waals surface area contributed by atoms with Crippen molar-refractivity contribution in [3.8, 4) is 34.0 Å². The summed E-state index contributed by atoms with van der Waals surface area (Å²) in [5, 5.41) is 6.28. The predicted octanol–water partition coefficient (Wildman–Crippen LogP) is 7.30. The number of benzene rings is 3. The van der Waals surface area contributed by atoms with Gasteiger partial charge >= 0.3 is 0 Å². The molecule has 0 radical (unpaired) electrons. The van der Waals surface area contributed by atoms with E-state index in [1.165, 1.54) is 16.9 Å². The molecule has 0 unspecified atom stereocenters. The van der Waals surface area contributed by atoms with Gasteiger partial charge in [-0.2, -0.15) is 0 Å². The van der Waals surface area contributed by atoms with Crippen LogP contribution in [-0.2, 0) is 5.41 Å². The van der Waals surface area contributed by atoms with E-state index in [1.807, 2.05) is 53.9 Å². The standard InChI is InChI=1S/C30H25N3O3S/c1-30(2,3)20-11-8-18(9-12-20)25-16-37-29(32-25)33-28(34)22-15-24(31-23-7-5-4-6-21(22)23)19-10-13-26-27(14-19)36-17-35-26/h4-16H,17H2,1-3H3,(H,32,33,34). The van der Waals surface area contributed by atoms with Crippen LogP contribution in [0.2, 0.25) is 0 Å². The van der Waals surface area contributed by atoms with Crippen LogP contribution < -0.4 is 14.8 Å². The van der Waals surface area contributed by atoms with E-state index in [4.69, 9.17) is 14.5 Å². The maximum Gasteiger partial charge on any atom is 0.258 e. The van der Waals surface area contributed by atoms with Crippen molar-refractivity contribution in [1.82, 2.24) is 9.97 Å². The van der Waals surface area contributed by atoms with Crippen molar-refractivity contribution in [2.24, 2.45) is 0 Å². The molecule has 0 atom stereocenters. The van der Waals surface area contributed by atoms with Crippen molar-refractivity contribution in [1.29, 1.82) is 0 Å². The molecule has 1 amide bonds. The quantitative estimate of drug-likeness (QED) is 0.276. The number of rotatable bonds is 4. The summed E-state index contributed by atoms with van der Waals surface area (Å²) in [5.41, 5.74) is 6.01. The summed E-state index contributed by atoms with van der Waals surface area (Å²) in [5.74, 6) is 1.14. The van der Waals surface area contributed by atoms with Gasteiger partial charge in [0.15, 0.2) is 16.6 Å². The molecule has 0 bridgehead atoms. The molecule has 3 heterocycles. The molecule has 0 saturated carbocycles. The molecule has 6 rings (SSSR count). The van der Waals surface area contributed by atoms with Gasteiger partial charge in [-0.15, -0.1) is 11.3 Å². The van der Waals surface area contributed by atoms with E-state index in [2.05, 4.69) is 55.3 Å². The second-order valence-corrected chi connectivity index (χ2v) is 10.8. The van der Waals surface area contributed by atoms with Crippen molar-refractivity contribution < 1.29 is 14.3 Å². The number of thiazole rings is 1.